The zero-order valence-corrected chi connectivity index (χ0v) is 17.3. The van der Waals surface area contributed by atoms with E-state index in [4.69, 9.17) is 0 Å². The summed E-state index contributed by atoms with van der Waals surface area (Å²) >= 11 is 1.67. The van der Waals surface area contributed by atoms with Gasteiger partial charge in [0.25, 0.3) is 0 Å². The lowest BCUT2D eigenvalue weighted by Crippen LogP contribution is -2.44. The second-order valence-corrected chi connectivity index (χ2v) is 8.21. The van der Waals surface area contributed by atoms with Crippen LogP contribution in [0.15, 0.2) is 41.8 Å². The van der Waals surface area contributed by atoms with Crippen LogP contribution in [0.25, 0.3) is 0 Å². The Bertz CT molecular complexity index is 791. The molecule has 0 unspecified atom stereocenters. The van der Waals surface area contributed by atoms with Gasteiger partial charge in [-0.3, -0.25) is 9.59 Å². The molecule has 1 aliphatic rings. The summed E-state index contributed by atoms with van der Waals surface area (Å²) in [5.41, 5.74) is 2.54. The van der Waals surface area contributed by atoms with Crippen molar-refractivity contribution in [2.45, 2.75) is 18.9 Å². The quantitative estimate of drug-likeness (QED) is 0.526. The van der Waals surface area contributed by atoms with Crippen LogP contribution in [-0.2, 0) is 16.0 Å². The van der Waals surface area contributed by atoms with E-state index in [-0.39, 0.29) is 6.04 Å². The van der Waals surface area contributed by atoms with Crippen molar-refractivity contribution in [1.82, 2.24) is 15.5 Å². The zero-order chi connectivity index (χ0) is 19.9. The largest absolute Gasteiger partial charge is 0.361 e. The number of hydrogen-bond donors (Lipinski definition) is 2. The number of hydrogen-bond acceptors (Lipinski definition) is 5. The van der Waals surface area contributed by atoms with Gasteiger partial charge in [0.2, 0.25) is 0 Å². The molecule has 2 N–H and O–H groups in total. The molecule has 3 rings (SSSR count). The molecule has 0 spiro atoms. The Labute approximate surface area is 170 Å². The number of thiophene rings is 1. The van der Waals surface area contributed by atoms with Gasteiger partial charge in [-0.05, 0) is 56.6 Å². The first-order valence-electron chi connectivity index (χ1n) is 9.65. The van der Waals surface area contributed by atoms with Crippen LogP contribution in [0.5, 0.6) is 0 Å². The minimum Gasteiger partial charge on any atom is -0.361 e. The van der Waals surface area contributed by atoms with Crippen LogP contribution < -0.4 is 15.5 Å². The lowest BCUT2D eigenvalue weighted by Gasteiger charge is -2.30. The van der Waals surface area contributed by atoms with Gasteiger partial charge in [0, 0.05) is 30.2 Å². The van der Waals surface area contributed by atoms with Gasteiger partial charge < -0.3 is 20.4 Å². The predicted octanol–water partition coefficient (Wildman–Crippen LogP) is 2.04. The van der Waals surface area contributed by atoms with E-state index in [1.165, 1.54) is 16.1 Å². The maximum Gasteiger partial charge on any atom is 0.309 e. The highest BCUT2D eigenvalue weighted by molar-refractivity contribution is 7.10. The summed E-state index contributed by atoms with van der Waals surface area (Å²) in [5, 5.41) is 7.57. The SMILES string of the molecule is CN(C)CCCNC(=O)C(=O)NC[C@H](c1cccs1)N1CCc2ccccc21. The number of amides is 2. The summed E-state index contributed by atoms with van der Waals surface area (Å²) in [6, 6.07) is 12.5. The monoisotopic (exact) mass is 400 g/mol. The number of para-hydroxylation sites is 1. The fourth-order valence-electron chi connectivity index (χ4n) is 3.48. The highest BCUT2D eigenvalue weighted by Gasteiger charge is 2.28. The molecule has 2 aromatic rings. The van der Waals surface area contributed by atoms with Crippen LogP contribution in [0.3, 0.4) is 0 Å². The molecule has 1 aromatic heterocycles. The molecule has 6 nitrogen and oxygen atoms in total. The molecule has 2 heterocycles. The standard InChI is InChI=1S/C21H28N4O2S/c1-24(2)12-6-11-22-20(26)21(27)23-15-18(19-9-5-14-28-19)25-13-10-16-7-3-4-8-17(16)25/h3-5,7-9,14,18H,6,10-13,15H2,1-2H3,(H,22,26)(H,23,27)/t18-/m1/s1. The molecular formula is C21H28N4O2S. The number of carbonyl (C=O) groups excluding carboxylic acids is 2. The maximum absolute atomic E-state index is 12.3. The van der Waals surface area contributed by atoms with Crippen LogP contribution in [0.2, 0.25) is 0 Å². The third kappa shape index (κ3) is 5.11. The van der Waals surface area contributed by atoms with Crippen molar-refractivity contribution in [3.63, 3.8) is 0 Å². The van der Waals surface area contributed by atoms with E-state index in [1.54, 1.807) is 11.3 Å². The van der Waals surface area contributed by atoms with Gasteiger partial charge in [-0.15, -0.1) is 11.3 Å². The maximum atomic E-state index is 12.3. The molecule has 150 valence electrons. The predicted molar refractivity (Wildman–Crippen MR) is 114 cm³/mol. The number of nitrogens with zero attached hydrogens (tertiary/aromatic N) is 2. The Morgan fingerprint density at radius 3 is 2.68 bits per heavy atom. The lowest BCUT2D eigenvalue weighted by atomic mass is 10.1. The highest BCUT2D eigenvalue weighted by Crippen LogP contribution is 2.36. The van der Waals surface area contributed by atoms with E-state index in [2.05, 4.69) is 39.8 Å². The van der Waals surface area contributed by atoms with Gasteiger partial charge in [-0.25, -0.2) is 0 Å². The smallest absolute Gasteiger partial charge is 0.309 e. The van der Waals surface area contributed by atoms with E-state index in [0.29, 0.717) is 13.1 Å². The van der Waals surface area contributed by atoms with Crippen LogP contribution >= 0.6 is 11.3 Å². The fraction of sp³-hybridized carbons (Fsp3) is 0.429. The van der Waals surface area contributed by atoms with E-state index in [0.717, 1.165) is 25.9 Å². The second-order valence-electron chi connectivity index (χ2n) is 7.23. The Hall–Kier alpha value is -2.38. The van der Waals surface area contributed by atoms with Gasteiger partial charge in [0.05, 0.1) is 6.04 Å². The lowest BCUT2D eigenvalue weighted by molar-refractivity contribution is -0.139. The molecule has 0 radical (unpaired) electrons. The number of anilines is 1. The summed E-state index contributed by atoms with van der Waals surface area (Å²) < 4.78 is 0. The molecule has 1 aliphatic heterocycles. The summed E-state index contributed by atoms with van der Waals surface area (Å²) in [5.74, 6) is -1.13. The molecular weight excluding hydrogens is 372 g/mol. The molecule has 28 heavy (non-hydrogen) atoms. The van der Waals surface area contributed by atoms with Crippen LogP contribution in [0, 0.1) is 0 Å². The van der Waals surface area contributed by atoms with E-state index in [1.807, 2.05) is 36.5 Å². The molecule has 1 aromatic carbocycles. The van der Waals surface area contributed by atoms with Crippen molar-refractivity contribution in [1.29, 1.82) is 0 Å². The van der Waals surface area contributed by atoms with E-state index < -0.39 is 11.8 Å². The minimum absolute atomic E-state index is 0.0224. The Balaban J connectivity index is 1.59. The molecule has 0 fully saturated rings. The van der Waals surface area contributed by atoms with Crippen molar-refractivity contribution >= 4 is 28.8 Å². The number of benzene rings is 1. The number of nitrogens with one attached hydrogen (secondary N) is 2. The van der Waals surface area contributed by atoms with Gasteiger partial charge >= 0.3 is 11.8 Å². The molecule has 0 aliphatic carbocycles. The molecule has 1 atom stereocenters. The van der Waals surface area contributed by atoms with Gasteiger partial charge in [0.15, 0.2) is 0 Å². The summed E-state index contributed by atoms with van der Waals surface area (Å²) in [6.07, 6.45) is 1.81. The van der Waals surface area contributed by atoms with Crippen molar-refractivity contribution in [3.05, 3.63) is 52.2 Å². The molecule has 7 heteroatoms. The van der Waals surface area contributed by atoms with E-state index >= 15 is 0 Å². The minimum atomic E-state index is -0.570. The molecule has 0 bridgehead atoms. The third-order valence-corrected chi connectivity index (χ3v) is 5.87. The highest BCUT2D eigenvalue weighted by atomic mass is 32.1. The average Bonchev–Trinajstić information content (AvgIpc) is 3.36. The van der Waals surface area contributed by atoms with Gasteiger partial charge in [-0.2, -0.15) is 0 Å². The first-order valence-corrected chi connectivity index (χ1v) is 10.5. The average molecular weight is 401 g/mol. The number of fused-ring (bicyclic) bond motifs is 1. The number of carbonyl (C=O) groups is 2. The van der Waals surface area contributed by atoms with Crippen LogP contribution in [-0.4, -0.2) is 57.0 Å². The summed E-state index contributed by atoms with van der Waals surface area (Å²) in [4.78, 5) is 29.9. The van der Waals surface area contributed by atoms with Gasteiger partial charge in [-0.1, -0.05) is 24.3 Å². The Morgan fingerprint density at radius 1 is 1.14 bits per heavy atom. The second kappa shape index (κ2) is 9.71. The Kier molecular flexibility index (Phi) is 7.06. The normalized spacial score (nSPS) is 14.0. The van der Waals surface area contributed by atoms with Gasteiger partial charge in [0.1, 0.15) is 0 Å². The van der Waals surface area contributed by atoms with E-state index in [9.17, 15) is 9.59 Å². The first kappa shape index (κ1) is 20.4. The summed E-state index contributed by atoms with van der Waals surface area (Å²) in [7, 11) is 3.96. The third-order valence-electron chi connectivity index (χ3n) is 4.90. The molecule has 0 saturated heterocycles. The fourth-order valence-corrected chi connectivity index (χ4v) is 4.32. The summed E-state index contributed by atoms with van der Waals surface area (Å²) in [6.45, 7) is 2.68. The van der Waals surface area contributed by atoms with Crippen molar-refractivity contribution in [3.8, 4) is 0 Å². The van der Waals surface area contributed by atoms with Crippen molar-refractivity contribution in [2.75, 3.05) is 45.2 Å². The van der Waals surface area contributed by atoms with Crippen molar-refractivity contribution < 1.29 is 9.59 Å². The molecule has 0 saturated carbocycles. The van der Waals surface area contributed by atoms with Crippen LogP contribution in [0.1, 0.15) is 22.9 Å². The zero-order valence-electron chi connectivity index (χ0n) is 16.5. The number of rotatable bonds is 8. The van der Waals surface area contributed by atoms with Crippen molar-refractivity contribution in [2.24, 2.45) is 0 Å². The first-order chi connectivity index (χ1) is 13.6. The molecule has 2 amide bonds. The topological polar surface area (TPSA) is 64.7 Å². The van der Waals surface area contributed by atoms with Crippen LogP contribution in [0.4, 0.5) is 5.69 Å². The Morgan fingerprint density at radius 2 is 1.93 bits per heavy atom.